The van der Waals surface area contributed by atoms with Crippen molar-refractivity contribution in [3.05, 3.63) is 10.7 Å². The smallest absolute Gasteiger partial charge is 0.319 e. The summed E-state index contributed by atoms with van der Waals surface area (Å²) in [6, 6.07) is 0. The molecule has 3 atom stereocenters. The van der Waals surface area contributed by atoms with E-state index in [9.17, 15) is 9.59 Å². The topological polar surface area (TPSA) is 52.6 Å². The van der Waals surface area contributed by atoms with E-state index in [1.807, 2.05) is 6.92 Å². The van der Waals surface area contributed by atoms with Crippen LogP contribution in [-0.2, 0) is 19.1 Å². The highest BCUT2D eigenvalue weighted by Gasteiger charge is 2.45. The number of carbonyl (C=O) groups excluding carboxylic acids is 2. The number of allylic oxidation sites excluding steroid dienone is 1. The third kappa shape index (κ3) is 3.55. The molecular formula is C11H14Br2O4. The molecule has 1 aliphatic heterocycles. The van der Waals surface area contributed by atoms with Crippen LogP contribution in [0.1, 0.15) is 26.7 Å². The van der Waals surface area contributed by atoms with Crippen molar-refractivity contribution < 1.29 is 19.1 Å². The van der Waals surface area contributed by atoms with E-state index in [4.69, 9.17) is 9.47 Å². The van der Waals surface area contributed by atoms with E-state index in [1.54, 1.807) is 4.99 Å². The van der Waals surface area contributed by atoms with Gasteiger partial charge in [-0.15, -0.1) is 0 Å². The van der Waals surface area contributed by atoms with Gasteiger partial charge in [0.2, 0.25) is 0 Å². The fraction of sp³-hybridized carbons (Fsp3) is 0.636. The highest BCUT2D eigenvalue weighted by Crippen LogP contribution is 2.36. The molecule has 0 radical (unpaired) electrons. The molecular weight excluding hydrogens is 356 g/mol. The van der Waals surface area contributed by atoms with Crippen LogP contribution in [0.25, 0.3) is 0 Å². The Morgan fingerprint density at radius 3 is 2.71 bits per heavy atom. The van der Waals surface area contributed by atoms with Gasteiger partial charge in [0, 0.05) is 11.9 Å². The van der Waals surface area contributed by atoms with Crippen LogP contribution < -0.4 is 0 Å². The number of rotatable bonds is 4. The summed E-state index contributed by atoms with van der Waals surface area (Å²) < 4.78 is 10.3. The summed E-state index contributed by atoms with van der Waals surface area (Å²) in [6.07, 6.45) is 1.02. The SMILES string of the molecule is CCCC(OC(C)=O)C1C(=O)O/C(=C\Br)C1Br. The van der Waals surface area contributed by atoms with Crippen molar-refractivity contribution >= 4 is 43.8 Å². The van der Waals surface area contributed by atoms with E-state index in [-0.39, 0.29) is 16.8 Å². The predicted molar refractivity (Wildman–Crippen MR) is 69.8 cm³/mol. The quantitative estimate of drug-likeness (QED) is 0.564. The Balaban J connectivity index is 2.86. The number of halogens is 2. The predicted octanol–water partition coefficient (Wildman–Crippen LogP) is 2.89. The number of hydrogen-bond donors (Lipinski definition) is 0. The number of carbonyl (C=O) groups is 2. The monoisotopic (exact) mass is 368 g/mol. The fourth-order valence-corrected chi connectivity index (χ4v) is 3.28. The van der Waals surface area contributed by atoms with Crippen molar-refractivity contribution in [2.45, 2.75) is 37.6 Å². The van der Waals surface area contributed by atoms with Gasteiger partial charge in [0.05, 0.1) is 4.83 Å². The Kier molecular flexibility index (Phi) is 5.66. The lowest BCUT2D eigenvalue weighted by atomic mass is 9.96. The third-order valence-corrected chi connectivity index (χ3v) is 3.95. The van der Waals surface area contributed by atoms with Crippen molar-refractivity contribution in [2.75, 3.05) is 0 Å². The maximum atomic E-state index is 11.7. The first-order valence-corrected chi connectivity index (χ1v) is 7.17. The molecule has 0 aliphatic carbocycles. The second-order valence-corrected chi connectivity index (χ2v) is 5.24. The minimum Gasteiger partial charge on any atom is -0.462 e. The van der Waals surface area contributed by atoms with Crippen LogP contribution in [0.2, 0.25) is 0 Å². The second kappa shape index (κ2) is 6.54. The van der Waals surface area contributed by atoms with Crippen LogP contribution in [-0.4, -0.2) is 22.9 Å². The van der Waals surface area contributed by atoms with Gasteiger partial charge >= 0.3 is 11.9 Å². The van der Waals surface area contributed by atoms with E-state index in [2.05, 4.69) is 31.9 Å². The Morgan fingerprint density at radius 1 is 1.65 bits per heavy atom. The van der Waals surface area contributed by atoms with Gasteiger partial charge in [-0.25, -0.2) is 0 Å². The summed E-state index contributed by atoms with van der Waals surface area (Å²) in [7, 11) is 0. The van der Waals surface area contributed by atoms with Crippen LogP contribution >= 0.6 is 31.9 Å². The largest absolute Gasteiger partial charge is 0.462 e. The number of cyclic esters (lactones) is 1. The molecule has 1 rings (SSSR count). The molecule has 1 aliphatic rings. The van der Waals surface area contributed by atoms with Gasteiger partial charge in [-0.1, -0.05) is 45.2 Å². The standard InChI is InChI=1S/C11H14Br2O4/c1-3-4-7(16-6(2)14)9-10(13)8(5-12)17-11(9)15/h5,7,9-10H,3-4H2,1-2H3/b8-5-. The molecule has 0 aromatic carbocycles. The summed E-state index contributed by atoms with van der Waals surface area (Å²) in [4.78, 5) is 24.1. The summed E-state index contributed by atoms with van der Waals surface area (Å²) >= 11 is 6.53. The molecule has 0 aromatic rings. The van der Waals surface area contributed by atoms with Gasteiger partial charge < -0.3 is 9.47 Å². The zero-order valence-electron chi connectivity index (χ0n) is 9.61. The lowest BCUT2D eigenvalue weighted by molar-refractivity contribution is -0.154. The molecule has 96 valence electrons. The summed E-state index contributed by atoms with van der Waals surface area (Å²) in [6.45, 7) is 3.31. The third-order valence-electron chi connectivity index (χ3n) is 2.48. The highest BCUT2D eigenvalue weighted by atomic mass is 79.9. The Labute approximate surface area is 117 Å². The van der Waals surface area contributed by atoms with Gasteiger partial charge in [-0.05, 0) is 6.42 Å². The maximum Gasteiger partial charge on any atom is 0.319 e. The molecule has 17 heavy (non-hydrogen) atoms. The van der Waals surface area contributed by atoms with E-state index < -0.39 is 12.0 Å². The molecule has 6 heteroatoms. The maximum absolute atomic E-state index is 11.7. The van der Waals surface area contributed by atoms with Gasteiger partial charge in [0.1, 0.15) is 17.8 Å². The van der Waals surface area contributed by atoms with Crippen molar-refractivity contribution in [1.29, 1.82) is 0 Å². The molecule has 0 spiro atoms. The Bertz CT molecular complexity index is 340. The average Bonchev–Trinajstić information content (AvgIpc) is 2.52. The summed E-state index contributed by atoms with van der Waals surface area (Å²) in [5.41, 5.74) is 0. The molecule has 0 saturated carbocycles. The first-order valence-electron chi connectivity index (χ1n) is 5.34. The summed E-state index contributed by atoms with van der Waals surface area (Å²) in [5, 5.41) is 0. The number of alkyl halides is 1. The van der Waals surface area contributed by atoms with Crippen LogP contribution in [0, 0.1) is 5.92 Å². The van der Waals surface area contributed by atoms with E-state index >= 15 is 0 Å². The van der Waals surface area contributed by atoms with Gasteiger partial charge in [-0.2, -0.15) is 0 Å². The Hall–Kier alpha value is -0.360. The summed E-state index contributed by atoms with van der Waals surface area (Å²) in [5.74, 6) is -0.722. The molecule has 1 saturated heterocycles. The normalized spacial score (nSPS) is 28.0. The van der Waals surface area contributed by atoms with Crippen molar-refractivity contribution in [2.24, 2.45) is 5.92 Å². The van der Waals surface area contributed by atoms with Crippen LogP contribution in [0.5, 0.6) is 0 Å². The highest BCUT2D eigenvalue weighted by molar-refractivity contribution is 9.11. The zero-order chi connectivity index (χ0) is 13.0. The van der Waals surface area contributed by atoms with Crippen molar-refractivity contribution in [3.63, 3.8) is 0 Å². The molecule has 1 fully saturated rings. The van der Waals surface area contributed by atoms with Crippen LogP contribution in [0.15, 0.2) is 10.7 Å². The first kappa shape index (κ1) is 14.7. The van der Waals surface area contributed by atoms with Crippen LogP contribution in [0.4, 0.5) is 0 Å². The molecule has 4 nitrogen and oxygen atoms in total. The minimum absolute atomic E-state index is 0.259. The second-order valence-electron chi connectivity index (χ2n) is 3.80. The van der Waals surface area contributed by atoms with Gasteiger partial charge in [0.25, 0.3) is 0 Å². The molecule has 0 aromatic heterocycles. The first-order chi connectivity index (χ1) is 8.01. The zero-order valence-corrected chi connectivity index (χ0v) is 12.8. The number of esters is 2. The van der Waals surface area contributed by atoms with Crippen LogP contribution in [0.3, 0.4) is 0 Å². The van der Waals surface area contributed by atoms with E-state index in [0.29, 0.717) is 12.2 Å². The van der Waals surface area contributed by atoms with Gasteiger partial charge in [0.15, 0.2) is 0 Å². The lowest BCUT2D eigenvalue weighted by Crippen LogP contribution is -2.33. The minimum atomic E-state index is -0.484. The fourth-order valence-electron chi connectivity index (χ4n) is 1.77. The van der Waals surface area contributed by atoms with Crippen molar-refractivity contribution in [1.82, 2.24) is 0 Å². The van der Waals surface area contributed by atoms with E-state index in [1.165, 1.54) is 6.92 Å². The van der Waals surface area contributed by atoms with Crippen molar-refractivity contribution in [3.8, 4) is 0 Å². The number of ether oxygens (including phenoxy) is 2. The molecule has 0 N–H and O–H groups in total. The average molecular weight is 370 g/mol. The molecule has 0 amide bonds. The molecule has 3 unspecified atom stereocenters. The van der Waals surface area contributed by atoms with E-state index in [0.717, 1.165) is 6.42 Å². The van der Waals surface area contributed by atoms with Gasteiger partial charge in [-0.3, -0.25) is 9.59 Å². The molecule has 1 heterocycles. The Morgan fingerprint density at radius 2 is 2.29 bits per heavy atom. The number of hydrogen-bond acceptors (Lipinski definition) is 4. The lowest BCUT2D eigenvalue weighted by Gasteiger charge is -2.21. The molecule has 0 bridgehead atoms.